The Labute approximate surface area is 241 Å². The maximum absolute atomic E-state index is 12.5. The average molecular weight is 543 g/mol. The number of carbonyl (C=O) groups is 1. The molecule has 0 aliphatic heterocycles. The molecular formula is C36H46O4. The summed E-state index contributed by atoms with van der Waals surface area (Å²) in [4.78, 5) is 12.5. The molecule has 0 spiro atoms. The number of hydrogen-bond acceptors (Lipinski definition) is 4. The van der Waals surface area contributed by atoms with Crippen molar-refractivity contribution in [3.63, 3.8) is 0 Å². The molecule has 0 aliphatic carbocycles. The molecule has 40 heavy (non-hydrogen) atoms. The topological polar surface area (TPSA) is 55.8 Å². The third-order valence-corrected chi connectivity index (χ3v) is 7.03. The normalized spacial score (nSPS) is 11.9. The summed E-state index contributed by atoms with van der Waals surface area (Å²) in [5.74, 6) is 1.30. The first-order valence-corrected chi connectivity index (χ1v) is 15.0. The lowest BCUT2D eigenvalue weighted by Crippen LogP contribution is -2.12. The van der Waals surface area contributed by atoms with Gasteiger partial charge in [-0.1, -0.05) is 113 Å². The smallest absolute Gasteiger partial charge is 0.217 e. The van der Waals surface area contributed by atoms with Crippen molar-refractivity contribution in [2.75, 3.05) is 0 Å². The number of unbranched alkanes of at least 4 members (excludes halogenated alkanes) is 9. The number of aliphatic hydroxyl groups is 1. The van der Waals surface area contributed by atoms with Crippen molar-refractivity contribution in [1.82, 2.24) is 0 Å². The predicted octanol–water partition coefficient (Wildman–Crippen LogP) is 9.26. The van der Waals surface area contributed by atoms with Crippen LogP contribution in [0.4, 0.5) is 0 Å². The van der Waals surface area contributed by atoms with E-state index in [0.717, 1.165) is 12.0 Å². The number of rotatable bonds is 20. The van der Waals surface area contributed by atoms with Crippen molar-refractivity contribution in [3.8, 4) is 11.5 Å². The highest BCUT2D eigenvalue weighted by Gasteiger charge is 2.06. The van der Waals surface area contributed by atoms with Crippen LogP contribution >= 0.6 is 0 Å². The molecule has 214 valence electrons. The van der Waals surface area contributed by atoms with Crippen molar-refractivity contribution in [2.45, 2.75) is 96.9 Å². The number of allylic oxidation sites excluding steroid dienone is 1. The van der Waals surface area contributed by atoms with Crippen LogP contribution in [0.3, 0.4) is 0 Å². The van der Waals surface area contributed by atoms with E-state index in [1.807, 2.05) is 42.5 Å². The molecule has 1 N–H and O–H groups in total. The standard InChI is InChI=1S/C36H46O4/c1-2-3-4-5-6-7-8-9-10-12-16-30-21-25-34(26-22-30)40-36(38)20-15-19-35(37)32-23-27-33(28-24-32)39-29-31-17-13-11-14-18-31/h11,13-15,17-18,20-28,36,38H,2-10,12,16,19,29H2,1H3. The zero-order chi connectivity index (χ0) is 28.3. The number of hydrogen-bond donors (Lipinski definition) is 1. The fourth-order valence-corrected chi connectivity index (χ4v) is 4.62. The monoisotopic (exact) mass is 542 g/mol. The molecule has 0 amide bonds. The van der Waals surface area contributed by atoms with Crippen LogP contribution in [0.25, 0.3) is 0 Å². The van der Waals surface area contributed by atoms with Crippen molar-refractivity contribution >= 4 is 5.78 Å². The number of Topliss-reactive ketones (excluding diaryl/α,β-unsaturated/α-hetero) is 1. The summed E-state index contributed by atoms with van der Waals surface area (Å²) in [5.41, 5.74) is 2.98. The van der Waals surface area contributed by atoms with E-state index in [0.29, 0.717) is 23.7 Å². The maximum Gasteiger partial charge on any atom is 0.217 e. The van der Waals surface area contributed by atoms with Crippen molar-refractivity contribution < 1.29 is 19.4 Å². The number of aliphatic hydroxyl groups excluding tert-OH is 1. The van der Waals surface area contributed by atoms with Crippen LogP contribution in [0.2, 0.25) is 0 Å². The molecule has 0 aliphatic rings. The Morgan fingerprint density at radius 2 is 1.32 bits per heavy atom. The Balaban J connectivity index is 1.28. The summed E-state index contributed by atoms with van der Waals surface area (Å²) in [5, 5.41) is 10.2. The van der Waals surface area contributed by atoms with E-state index in [1.165, 1.54) is 75.8 Å². The fourth-order valence-electron chi connectivity index (χ4n) is 4.62. The second-order valence-electron chi connectivity index (χ2n) is 10.4. The van der Waals surface area contributed by atoms with E-state index < -0.39 is 6.29 Å². The lowest BCUT2D eigenvalue weighted by molar-refractivity contribution is 0.0246. The minimum absolute atomic E-state index is 0.0330. The van der Waals surface area contributed by atoms with Crippen molar-refractivity contribution in [3.05, 3.63) is 108 Å². The first-order chi connectivity index (χ1) is 19.6. The Bertz CT molecular complexity index is 1100. The largest absolute Gasteiger partial charge is 0.489 e. The molecular weight excluding hydrogens is 496 g/mol. The first kappa shape index (κ1) is 31.2. The molecule has 4 heteroatoms. The second-order valence-corrected chi connectivity index (χ2v) is 10.4. The molecule has 3 aromatic carbocycles. The van der Waals surface area contributed by atoms with E-state index in [2.05, 4.69) is 19.1 Å². The second kappa shape index (κ2) is 18.8. The third kappa shape index (κ3) is 12.7. The van der Waals surface area contributed by atoms with Gasteiger partial charge in [-0.2, -0.15) is 0 Å². The van der Waals surface area contributed by atoms with Gasteiger partial charge in [-0.05, 0) is 66.4 Å². The number of carbonyl (C=O) groups excluding carboxylic acids is 1. The number of ether oxygens (including phenoxy) is 2. The number of ketones is 1. The summed E-state index contributed by atoms with van der Waals surface area (Å²) >= 11 is 0. The van der Waals surface area contributed by atoms with Crippen LogP contribution < -0.4 is 9.47 Å². The van der Waals surface area contributed by atoms with Gasteiger partial charge in [-0.3, -0.25) is 4.79 Å². The number of aryl methyl sites for hydroxylation is 1. The highest BCUT2D eigenvalue weighted by Crippen LogP contribution is 2.18. The van der Waals surface area contributed by atoms with Gasteiger partial charge in [-0.25, -0.2) is 0 Å². The van der Waals surface area contributed by atoms with Gasteiger partial charge < -0.3 is 14.6 Å². The van der Waals surface area contributed by atoms with Crippen molar-refractivity contribution in [1.29, 1.82) is 0 Å². The molecule has 0 aromatic heterocycles. The summed E-state index contributed by atoms with van der Waals surface area (Å²) < 4.78 is 11.4. The van der Waals surface area contributed by atoms with Gasteiger partial charge in [-0.15, -0.1) is 0 Å². The van der Waals surface area contributed by atoms with Gasteiger partial charge >= 0.3 is 0 Å². The molecule has 0 saturated carbocycles. The van der Waals surface area contributed by atoms with Crippen LogP contribution in [0, 0.1) is 0 Å². The van der Waals surface area contributed by atoms with E-state index in [4.69, 9.17) is 9.47 Å². The molecule has 0 fully saturated rings. The van der Waals surface area contributed by atoms with Crippen LogP contribution in [-0.2, 0) is 13.0 Å². The SMILES string of the molecule is CCCCCCCCCCCCc1ccc(OC(O)C=CCC(=O)c2ccc(OCc3ccccc3)cc2)cc1. The fraction of sp³-hybridized carbons (Fsp3) is 0.417. The summed E-state index contributed by atoms with van der Waals surface area (Å²) in [6.07, 6.45) is 16.7. The third-order valence-electron chi connectivity index (χ3n) is 7.03. The van der Waals surface area contributed by atoms with Crippen molar-refractivity contribution in [2.24, 2.45) is 0 Å². The van der Waals surface area contributed by atoms with Crippen LogP contribution in [-0.4, -0.2) is 17.2 Å². The van der Waals surface area contributed by atoms with Crippen LogP contribution in [0.15, 0.2) is 91.0 Å². The Hall–Kier alpha value is -3.37. The van der Waals surface area contributed by atoms with Gasteiger partial charge in [0.1, 0.15) is 18.1 Å². The first-order valence-electron chi connectivity index (χ1n) is 15.0. The minimum atomic E-state index is -1.10. The molecule has 4 nitrogen and oxygen atoms in total. The van der Waals surface area contributed by atoms with Gasteiger partial charge in [0.05, 0.1) is 0 Å². The summed E-state index contributed by atoms with van der Waals surface area (Å²) in [7, 11) is 0. The quantitative estimate of drug-likeness (QED) is 0.0669. The number of benzene rings is 3. The van der Waals surface area contributed by atoms with Crippen LogP contribution in [0.5, 0.6) is 11.5 Å². The van der Waals surface area contributed by atoms with Gasteiger partial charge in [0.25, 0.3) is 0 Å². The molecule has 0 bridgehead atoms. The van der Waals surface area contributed by atoms with Crippen LogP contribution in [0.1, 0.15) is 99.0 Å². The molecule has 3 aromatic rings. The average Bonchev–Trinajstić information content (AvgIpc) is 2.98. The molecule has 1 atom stereocenters. The predicted molar refractivity (Wildman–Crippen MR) is 164 cm³/mol. The maximum atomic E-state index is 12.5. The zero-order valence-corrected chi connectivity index (χ0v) is 24.1. The molecule has 0 saturated heterocycles. The highest BCUT2D eigenvalue weighted by atomic mass is 16.6. The Kier molecular flexibility index (Phi) is 14.7. The summed E-state index contributed by atoms with van der Waals surface area (Å²) in [6.45, 7) is 2.75. The zero-order valence-electron chi connectivity index (χ0n) is 24.1. The van der Waals surface area contributed by atoms with Gasteiger partial charge in [0.15, 0.2) is 5.78 Å². The molecule has 1 unspecified atom stereocenters. The lowest BCUT2D eigenvalue weighted by Gasteiger charge is -2.10. The molecule has 0 radical (unpaired) electrons. The highest BCUT2D eigenvalue weighted by molar-refractivity contribution is 5.97. The van der Waals surface area contributed by atoms with E-state index in [-0.39, 0.29) is 12.2 Å². The van der Waals surface area contributed by atoms with E-state index in [1.54, 1.807) is 30.3 Å². The van der Waals surface area contributed by atoms with E-state index >= 15 is 0 Å². The summed E-state index contributed by atoms with van der Waals surface area (Å²) in [6, 6.07) is 25.0. The van der Waals surface area contributed by atoms with Gasteiger partial charge in [0.2, 0.25) is 6.29 Å². The Morgan fingerprint density at radius 3 is 1.98 bits per heavy atom. The lowest BCUT2D eigenvalue weighted by atomic mass is 10.0. The van der Waals surface area contributed by atoms with Gasteiger partial charge in [0, 0.05) is 12.0 Å². The minimum Gasteiger partial charge on any atom is -0.489 e. The molecule has 3 rings (SSSR count). The van der Waals surface area contributed by atoms with E-state index in [9.17, 15) is 9.90 Å². The molecule has 0 heterocycles. The Morgan fingerprint density at radius 1 is 0.725 bits per heavy atom.